The summed E-state index contributed by atoms with van der Waals surface area (Å²) in [4.78, 5) is 14.8. The van der Waals surface area contributed by atoms with Gasteiger partial charge in [0, 0.05) is 12.2 Å². The third kappa shape index (κ3) is 3.12. The molecule has 0 fully saturated rings. The number of hydrogen-bond acceptors (Lipinski definition) is 3. The van der Waals surface area contributed by atoms with Crippen molar-refractivity contribution >= 4 is 11.6 Å². The van der Waals surface area contributed by atoms with Crippen LogP contribution >= 0.6 is 0 Å². The summed E-state index contributed by atoms with van der Waals surface area (Å²) in [6.45, 7) is 10.3. The molecule has 0 saturated carbocycles. The molecule has 1 heterocycles. The van der Waals surface area contributed by atoms with E-state index in [4.69, 9.17) is 4.74 Å². The first kappa shape index (κ1) is 17.1. The highest BCUT2D eigenvalue weighted by Gasteiger charge is 2.41. The maximum absolute atomic E-state index is 13.0. The van der Waals surface area contributed by atoms with Crippen molar-refractivity contribution in [3.63, 3.8) is 0 Å². The highest BCUT2D eigenvalue weighted by Crippen LogP contribution is 2.38. The van der Waals surface area contributed by atoms with Gasteiger partial charge in [0.1, 0.15) is 11.4 Å². The molecular formula is C21H24N2O2. The second-order valence-electron chi connectivity index (χ2n) is 6.64. The molecule has 25 heavy (non-hydrogen) atoms. The van der Waals surface area contributed by atoms with Crippen LogP contribution in [0.25, 0.3) is 0 Å². The van der Waals surface area contributed by atoms with Crippen molar-refractivity contribution in [3.05, 3.63) is 72.3 Å². The van der Waals surface area contributed by atoms with Crippen LogP contribution in [0.5, 0.6) is 5.75 Å². The van der Waals surface area contributed by atoms with E-state index in [9.17, 15) is 4.79 Å². The van der Waals surface area contributed by atoms with E-state index in [0.29, 0.717) is 12.1 Å². The first-order chi connectivity index (χ1) is 12.0. The first-order valence-corrected chi connectivity index (χ1v) is 8.53. The molecule has 1 aliphatic heterocycles. The number of benzene rings is 2. The van der Waals surface area contributed by atoms with Crippen molar-refractivity contribution in [2.24, 2.45) is 0 Å². The highest BCUT2D eigenvalue weighted by molar-refractivity contribution is 6.02. The average Bonchev–Trinajstić information content (AvgIpc) is 2.59. The fourth-order valence-electron chi connectivity index (χ4n) is 3.21. The molecule has 130 valence electrons. The zero-order valence-electron chi connectivity index (χ0n) is 15.0. The Labute approximate surface area is 149 Å². The average molecular weight is 336 g/mol. The number of hydrogen-bond donors (Lipinski definition) is 1. The van der Waals surface area contributed by atoms with Crippen molar-refractivity contribution in [1.29, 1.82) is 0 Å². The van der Waals surface area contributed by atoms with Crippen molar-refractivity contribution < 1.29 is 9.53 Å². The van der Waals surface area contributed by atoms with Crippen LogP contribution in [-0.4, -0.2) is 23.5 Å². The van der Waals surface area contributed by atoms with E-state index in [0.717, 1.165) is 17.0 Å². The number of anilines is 1. The Morgan fingerprint density at radius 3 is 2.52 bits per heavy atom. The molecule has 1 atom stereocenters. The Morgan fingerprint density at radius 1 is 1.20 bits per heavy atom. The van der Waals surface area contributed by atoms with Crippen LogP contribution < -0.4 is 10.1 Å². The van der Waals surface area contributed by atoms with Gasteiger partial charge in [-0.2, -0.15) is 0 Å². The Balaban J connectivity index is 2.02. The summed E-state index contributed by atoms with van der Waals surface area (Å²) < 4.78 is 5.72. The number of para-hydroxylation sites is 1. The van der Waals surface area contributed by atoms with Crippen LogP contribution in [0.4, 0.5) is 5.69 Å². The number of nitrogens with one attached hydrogen (secondary N) is 1. The van der Waals surface area contributed by atoms with Gasteiger partial charge in [0.15, 0.2) is 0 Å². The Bertz CT molecular complexity index is 783. The number of carbonyl (C=O) groups excluding carboxylic acids is 1. The molecule has 4 heteroatoms. The summed E-state index contributed by atoms with van der Waals surface area (Å²) in [5.41, 5.74) is 1.86. The minimum atomic E-state index is -0.657. The topological polar surface area (TPSA) is 41.6 Å². The standard InChI is InChI=1S/C21H24N2O2/c1-5-14-23-20(24)18-8-6-7-9-19(18)22-21(23,4)16-10-12-17(13-11-16)25-15(2)3/h5-13,15,22H,1,14H2,2-4H3. The van der Waals surface area contributed by atoms with Gasteiger partial charge >= 0.3 is 0 Å². The molecule has 0 saturated heterocycles. The summed E-state index contributed by atoms with van der Waals surface area (Å²) in [7, 11) is 0. The van der Waals surface area contributed by atoms with Gasteiger partial charge in [-0.25, -0.2) is 0 Å². The molecule has 1 unspecified atom stereocenters. The van der Waals surface area contributed by atoms with E-state index >= 15 is 0 Å². The summed E-state index contributed by atoms with van der Waals surface area (Å²) in [6, 6.07) is 15.5. The zero-order chi connectivity index (χ0) is 18.0. The quantitative estimate of drug-likeness (QED) is 0.823. The molecule has 4 nitrogen and oxygen atoms in total. The van der Waals surface area contributed by atoms with Crippen LogP contribution in [-0.2, 0) is 5.66 Å². The van der Waals surface area contributed by atoms with Crippen molar-refractivity contribution in [2.75, 3.05) is 11.9 Å². The second-order valence-corrected chi connectivity index (χ2v) is 6.64. The van der Waals surface area contributed by atoms with E-state index in [1.165, 1.54) is 0 Å². The molecular weight excluding hydrogens is 312 g/mol. The molecule has 1 N–H and O–H groups in total. The van der Waals surface area contributed by atoms with E-state index in [1.807, 2.05) is 69.3 Å². The summed E-state index contributed by atoms with van der Waals surface area (Å²) in [5.74, 6) is 0.819. The van der Waals surface area contributed by atoms with Gasteiger partial charge in [-0.3, -0.25) is 4.79 Å². The van der Waals surface area contributed by atoms with Gasteiger partial charge in [-0.15, -0.1) is 6.58 Å². The van der Waals surface area contributed by atoms with Crippen LogP contribution in [0.2, 0.25) is 0 Å². The van der Waals surface area contributed by atoms with Gasteiger partial charge in [-0.05, 0) is 50.6 Å². The van der Waals surface area contributed by atoms with Crippen LogP contribution in [0.1, 0.15) is 36.7 Å². The lowest BCUT2D eigenvalue weighted by molar-refractivity contribution is 0.0572. The number of nitrogens with zero attached hydrogens (tertiary/aromatic N) is 1. The molecule has 1 amide bonds. The first-order valence-electron chi connectivity index (χ1n) is 8.53. The van der Waals surface area contributed by atoms with E-state index in [-0.39, 0.29) is 12.0 Å². The van der Waals surface area contributed by atoms with E-state index in [1.54, 1.807) is 11.0 Å². The molecule has 0 aromatic heterocycles. The normalized spacial score (nSPS) is 19.4. The van der Waals surface area contributed by atoms with Crippen molar-refractivity contribution in [3.8, 4) is 5.75 Å². The second kappa shape index (κ2) is 6.63. The molecule has 0 aliphatic carbocycles. The van der Waals surface area contributed by atoms with Gasteiger partial charge < -0.3 is 15.0 Å². The molecule has 0 bridgehead atoms. The number of fused-ring (bicyclic) bond motifs is 1. The number of ether oxygens (including phenoxy) is 1. The van der Waals surface area contributed by atoms with Gasteiger partial charge in [0.25, 0.3) is 5.91 Å². The molecule has 3 rings (SSSR count). The van der Waals surface area contributed by atoms with E-state index < -0.39 is 5.66 Å². The van der Waals surface area contributed by atoms with Crippen molar-refractivity contribution in [2.45, 2.75) is 32.5 Å². The molecule has 2 aromatic rings. The summed E-state index contributed by atoms with van der Waals surface area (Å²) in [6.07, 6.45) is 1.88. The SMILES string of the molecule is C=CCN1C(=O)c2ccccc2NC1(C)c1ccc(OC(C)C)cc1. The van der Waals surface area contributed by atoms with E-state index in [2.05, 4.69) is 11.9 Å². The molecule has 0 spiro atoms. The minimum Gasteiger partial charge on any atom is -0.491 e. The predicted molar refractivity (Wildman–Crippen MR) is 101 cm³/mol. The van der Waals surface area contributed by atoms with Gasteiger partial charge in [0.05, 0.1) is 11.7 Å². The van der Waals surface area contributed by atoms with Crippen LogP contribution in [0.15, 0.2) is 61.2 Å². The zero-order valence-corrected chi connectivity index (χ0v) is 15.0. The fourth-order valence-corrected chi connectivity index (χ4v) is 3.21. The number of amides is 1. The maximum atomic E-state index is 13.0. The Kier molecular flexibility index (Phi) is 4.53. The smallest absolute Gasteiger partial charge is 0.258 e. The van der Waals surface area contributed by atoms with Gasteiger partial charge in [0.2, 0.25) is 0 Å². The maximum Gasteiger partial charge on any atom is 0.258 e. The third-order valence-electron chi connectivity index (χ3n) is 4.42. The fraction of sp³-hybridized carbons (Fsp3) is 0.286. The lowest BCUT2D eigenvalue weighted by Gasteiger charge is -2.46. The third-order valence-corrected chi connectivity index (χ3v) is 4.42. The molecule has 2 aromatic carbocycles. The van der Waals surface area contributed by atoms with Gasteiger partial charge in [-0.1, -0.05) is 30.3 Å². The lowest BCUT2D eigenvalue weighted by atomic mass is 9.93. The number of carbonyl (C=O) groups is 1. The summed E-state index contributed by atoms with van der Waals surface area (Å²) in [5, 5.41) is 3.53. The highest BCUT2D eigenvalue weighted by atomic mass is 16.5. The Morgan fingerprint density at radius 2 is 1.88 bits per heavy atom. The van der Waals surface area contributed by atoms with Crippen LogP contribution in [0.3, 0.4) is 0 Å². The molecule has 0 radical (unpaired) electrons. The minimum absolute atomic E-state index is 0.000688. The lowest BCUT2D eigenvalue weighted by Crippen LogP contribution is -2.55. The predicted octanol–water partition coefficient (Wildman–Crippen LogP) is 4.40. The largest absolute Gasteiger partial charge is 0.491 e. The monoisotopic (exact) mass is 336 g/mol. The van der Waals surface area contributed by atoms with Crippen molar-refractivity contribution in [1.82, 2.24) is 4.90 Å². The Hall–Kier alpha value is -2.75. The number of rotatable bonds is 5. The summed E-state index contributed by atoms with van der Waals surface area (Å²) >= 11 is 0. The molecule has 1 aliphatic rings. The van der Waals surface area contributed by atoms with Crippen LogP contribution in [0, 0.1) is 0 Å².